The number of ether oxygens (including phenoxy) is 1. The van der Waals surface area contributed by atoms with Crippen molar-refractivity contribution >= 4 is 18.6 Å². The average Bonchev–Trinajstić information content (AvgIpc) is 2.84. The molecule has 0 aromatic carbocycles. The Balaban J connectivity index is 2.12. The van der Waals surface area contributed by atoms with Crippen LogP contribution >= 0.6 is 12.6 Å². The molecule has 4 unspecified atom stereocenters. The number of hydrogen-bond acceptors (Lipinski definition) is 6. The van der Waals surface area contributed by atoms with Crippen LogP contribution in [0.2, 0.25) is 0 Å². The zero-order chi connectivity index (χ0) is 11.9. The molecule has 6 nitrogen and oxygen atoms in total. The molecule has 92 valence electrons. The molecule has 2 rings (SSSR count). The van der Waals surface area contributed by atoms with Gasteiger partial charge in [0.25, 0.3) is 0 Å². The molecule has 0 bridgehead atoms. The number of aliphatic hydroxyl groups is 2. The molecule has 0 aromatic heterocycles. The first-order valence-corrected chi connectivity index (χ1v) is 5.74. The summed E-state index contributed by atoms with van der Waals surface area (Å²) in [6, 6.07) is 0. The summed E-state index contributed by atoms with van der Waals surface area (Å²) in [6.07, 6.45) is -2.03. The predicted octanol–water partition coefficient (Wildman–Crippen LogP) is -1.72. The quantitative estimate of drug-likeness (QED) is 0.294. The third-order valence-corrected chi connectivity index (χ3v) is 3.60. The van der Waals surface area contributed by atoms with Crippen LogP contribution in [0.3, 0.4) is 0 Å². The topological polar surface area (TPSA) is 99.0 Å². The molecule has 0 aromatic rings. The van der Waals surface area contributed by atoms with Crippen LogP contribution in [0.15, 0.2) is 0 Å². The van der Waals surface area contributed by atoms with Gasteiger partial charge in [0.15, 0.2) is 6.29 Å². The minimum atomic E-state index is -1.63. The van der Waals surface area contributed by atoms with E-state index in [9.17, 15) is 15.0 Å². The van der Waals surface area contributed by atoms with Crippen molar-refractivity contribution in [2.45, 2.75) is 17.9 Å². The first-order chi connectivity index (χ1) is 7.54. The van der Waals surface area contributed by atoms with Crippen LogP contribution in [-0.4, -0.2) is 58.1 Å². The molecule has 0 radical (unpaired) electrons. The number of carboxylic acid groups (broad SMARTS) is 1. The van der Waals surface area contributed by atoms with E-state index >= 15 is 0 Å². The Hall–Kier alpha value is -0.340. The number of carbonyl (C=O) groups is 1. The Bertz CT molecular complexity index is 300. The third-order valence-electron chi connectivity index (χ3n) is 3.38. The predicted molar refractivity (Wildman–Crippen MR) is 57.2 cm³/mol. The lowest BCUT2D eigenvalue weighted by Crippen LogP contribution is -2.59. The molecule has 1 aliphatic carbocycles. The van der Waals surface area contributed by atoms with Gasteiger partial charge in [-0.15, -0.1) is 0 Å². The molecule has 0 amide bonds. The number of thiol groups is 1. The molecule has 2 fully saturated rings. The molecule has 0 spiro atoms. The van der Waals surface area contributed by atoms with Gasteiger partial charge < -0.3 is 25.4 Å². The Morgan fingerprint density at radius 2 is 2.31 bits per heavy atom. The van der Waals surface area contributed by atoms with Gasteiger partial charge in [-0.25, -0.2) is 0 Å². The van der Waals surface area contributed by atoms with E-state index in [4.69, 9.17) is 9.84 Å². The zero-order valence-corrected chi connectivity index (χ0v) is 9.43. The van der Waals surface area contributed by atoms with Crippen molar-refractivity contribution < 1.29 is 24.9 Å². The standard InChI is InChI=1S/C9H15NO5S/c11-7(12)4-5-6(4)15-3-9(5,8(13)14)10-1-2-16/h4-6,8,10,13-14,16H,1-3H2,(H,11,12). The van der Waals surface area contributed by atoms with Gasteiger partial charge in [0, 0.05) is 18.2 Å². The fourth-order valence-electron chi connectivity index (χ4n) is 2.52. The summed E-state index contributed by atoms with van der Waals surface area (Å²) in [4.78, 5) is 10.9. The maximum Gasteiger partial charge on any atom is 0.309 e. The fraction of sp³-hybridized carbons (Fsp3) is 0.889. The normalized spacial score (nSPS) is 41.1. The van der Waals surface area contributed by atoms with Crippen LogP contribution in [0, 0.1) is 11.8 Å². The van der Waals surface area contributed by atoms with Crippen molar-refractivity contribution in [3.63, 3.8) is 0 Å². The van der Waals surface area contributed by atoms with Crippen molar-refractivity contribution in [2.24, 2.45) is 11.8 Å². The van der Waals surface area contributed by atoms with Crippen molar-refractivity contribution in [3.8, 4) is 0 Å². The molecule has 16 heavy (non-hydrogen) atoms. The van der Waals surface area contributed by atoms with E-state index < -0.39 is 29.8 Å². The Morgan fingerprint density at radius 1 is 1.62 bits per heavy atom. The molecule has 1 saturated heterocycles. The van der Waals surface area contributed by atoms with Gasteiger partial charge in [0.2, 0.25) is 0 Å². The number of aliphatic hydroxyl groups excluding tert-OH is 1. The molecule has 4 N–H and O–H groups in total. The van der Waals surface area contributed by atoms with E-state index in [-0.39, 0.29) is 12.5 Å². The highest BCUT2D eigenvalue weighted by atomic mass is 32.1. The maximum atomic E-state index is 10.9. The molecular weight excluding hydrogens is 234 g/mol. The average molecular weight is 249 g/mol. The van der Waals surface area contributed by atoms with E-state index in [0.29, 0.717) is 12.3 Å². The molecule has 2 aliphatic rings. The smallest absolute Gasteiger partial charge is 0.309 e. The summed E-state index contributed by atoms with van der Waals surface area (Å²) in [6.45, 7) is 0.594. The third kappa shape index (κ3) is 1.63. The highest BCUT2D eigenvalue weighted by Crippen LogP contribution is 2.55. The van der Waals surface area contributed by atoms with Crippen LogP contribution in [0.4, 0.5) is 0 Å². The van der Waals surface area contributed by atoms with Gasteiger partial charge in [0.05, 0.1) is 24.2 Å². The summed E-state index contributed by atoms with van der Waals surface area (Å²) >= 11 is 4.02. The zero-order valence-electron chi connectivity index (χ0n) is 8.54. The van der Waals surface area contributed by atoms with Gasteiger partial charge in [-0.2, -0.15) is 12.6 Å². The Kier molecular flexibility index (Phi) is 3.15. The number of rotatable bonds is 5. The lowest BCUT2D eigenvalue weighted by Gasteiger charge is -2.33. The first-order valence-electron chi connectivity index (χ1n) is 5.11. The molecule has 1 saturated carbocycles. The summed E-state index contributed by atoms with van der Waals surface area (Å²) in [5.41, 5.74) is -1.06. The first kappa shape index (κ1) is 12.1. The van der Waals surface area contributed by atoms with Crippen LogP contribution in [0.25, 0.3) is 0 Å². The molecule has 7 heteroatoms. The monoisotopic (exact) mass is 249 g/mol. The van der Waals surface area contributed by atoms with E-state index in [1.165, 1.54) is 0 Å². The Labute approximate surface area is 98.0 Å². The maximum absolute atomic E-state index is 10.9. The van der Waals surface area contributed by atoms with Gasteiger partial charge >= 0.3 is 5.97 Å². The number of fused-ring (bicyclic) bond motifs is 1. The number of aliphatic carboxylic acids is 1. The largest absolute Gasteiger partial charge is 0.481 e. The summed E-state index contributed by atoms with van der Waals surface area (Å²) in [7, 11) is 0. The number of nitrogens with one attached hydrogen (secondary N) is 1. The highest BCUT2D eigenvalue weighted by Gasteiger charge is 2.72. The van der Waals surface area contributed by atoms with Crippen molar-refractivity contribution in [1.82, 2.24) is 5.32 Å². The van der Waals surface area contributed by atoms with Crippen LogP contribution in [0.1, 0.15) is 0 Å². The molecule has 4 atom stereocenters. The fourth-order valence-corrected chi connectivity index (χ4v) is 2.64. The Morgan fingerprint density at radius 3 is 2.75 bits per heavy atom. The van der Waals surface area contributed by atoms with E-state index in [0.717, 1.165) is 0 Å². The van der Waals surface area contributed by atoms with Gasteiger partial charge in [0.1, 0.15) is 0 Å². The lowest BCUT2D eigenvalue weighted by molar-refractivity contribution is -0.146. The summed E-state index contributed by atoms with van der Waals surface area (Å²) in [5.74, 6) is -1.43. The van der Waals surface area contributed by atoms with Crippen LogP contribution < -0.4 is 5.32 Å². The highest BCUT2D eigenvalue weighted by molar-refractivity contribution is 7.80. The summed E-state index contributed by atoms with van der Waals surface area (Å²) in [5, 5.41) is 30.7. The van der Waals surface area contributed by atoms with Gasteiger partial charge in [-0.05, 0) is 0 Å². The molecule has 1 aliphatic heterocycles. The van der Waals surface area contributed by atoms with Gasteiger partial charge in [-0.3, -0.25) is 4.79 Å². The SMILES string of the molecule is O=C(O)C1C2OCC(NCCS)(C(O)O)C21. The van der Waals surface area contributed by atoms with Crippen LogP contribution in [0.5, 0.6) is 0 Å². The van der Waals surface area contributed by atoms with Crippen molar-refractivity contribution in [3.05, 3.63) is 0 Å². The van der Waals surface area contributed by atoms with E-state index in [1.54, 1.807) is 0 Å². The molecular formula is C9H15NO5S. The second kappa shape index (κ2) is 4.15. The lowest BCUT2D eigenvalue weighted by atomic mass is 9.92. The molecule has 1 heterocycles. The minimum Gasteiger partial charge on any atom is -0.481 e. The number of hydrogen-bond donors (Lipinski definition) is 5. The van der Waals surface area contributed by atoms with Crippen LogP contribution in [-0.2, 0) is 9.53 Å². The van der Waals surface area contributed by atoms with Gasteiger partial charge in [-0.1, -0.05) is 0 Å². The minimum absolute atomic E-state index is 0.123. The van der Waals surface area contributed by atoms with E-state index in [2.05, 4.69) is 17.9 Å². The second-order valence-corrected chi connectivity index (χ2v) is 4.68. The van der Waals surface area contributed by atoms with Crippen molar-refractivity contribution in [2.75, 3.05) is 18.9 Å². The van der Waals surface area contributed by atoms with Crippen molar-refractivity contribution in [1.29, 1.82) is 0 Å². The summed E-state index contributed by atoms with van der Waals surface area (Å²) < 4.78 is 5.29. The second-order valence-electron chi connectivity index (χ2n) is 4.23. The van der Waals surface area contributed by atoms with E-state index in [1.807, 2.05) is 0 Å². The number of carboxylic acids is 1.